The fraction of sp³-hybridized carbons (Fsp3) is 0.231. The van der Waals surface area contributed by atoms with E-state index in [0.29, 0.717) is 0 Å². The quantitative estimate of drug-likeness (QED) is 0.656. The monoisotopic (exact) mass is 216 g/mol. The Morgan fingerprint density at radius 1 is 1.07 bits per heavy atom. The van der Waals surface area contributed by atoms with Gasteiger partial charge in [0.05, 0.1) is 4.90 Å². The molecule has 0 amide bonds. The van der Waals surface area contributed by atoms with Crippen molar-refractivity contribution < 1.29 is 4.74 Å². The fourth-order valence-corrected chi connectivity index (χ4v) is 2.98. The predicted molar refractivity (Wildman–Crippen MR) is 64.5 cm³/mol. The molecule has 2 aromatic carbocycles. The summed E-state index contributed by atoms with van der Waals surface area (Å²) in [5.74, 6) is 1.04. The Labute approximate surface area is 93.4 Å². The lowest BCUT2D eigenvalue weighted by Crippen LogP contribution is -2.18. The first-order chi connectivity index (χ1) is 7.16. The van der Waals surface area contributed by atoms with Gasteiger partial charge >= 0.3 is 0 Å². The zero-order valence-corrected chi connectivity index (χ0v) is 9.60. The largest absolute Gasteiger partial charge is 0.475 e. The number of thioether (sulfide) groups is 1. The summed E-state index contributed by atoms with van der Waals surface area (Å²) >= 11 is 1.79. The molecule has 76 valence electrons. The molecule has 0 saturated carbocycles. The van der Waals surface area contributed by atoms with Crippen molar-refractivity contribution in [3.8, 4) is 5.75 Å². The van der Waals surface area contributed by atoms with Gasteiger partial charge in [0, 0.05) is 5.39 Å². The summed E-state index contributed by atoms with van der Waals surface area (Å²) in [4.78, 5) is 1.12. The average Bonchev–Trinajstić information content (AvgIpc) is 2.52. The van der Waals surface area contributed by atoms with Crippen LogP contribution in [-0.4, -0.2) is 4.93 Å². The van der Waals surface area contributed by atoms with Crippen molar-refractivity contribution in [2.75, 3.05) is 0 Å². The number of ether oxygens (including phenoxy) is 1. The van der Waals surface area contributed by atoms with Crippen LogP contribution in [0.5, 0.6) is 5.75 Å². The molecule has 0 fully saturated rings. The molecular formula is C13H12OS. The Kier molecular flexibility index (Phi) is 1.77. The molecule has 0 radical (unpaired) electrons. The lowest BCUT2D eigenvalue weighted by Gasteiger charge is -2.16. The highest BCUT2D eigenvalue weighted by atomic mass is 32.2. The molecule has 3 rings (SSSR count). The minimum Gasteiger partial charge on any atom is -0.475 e. The third kappa shape index (κ3) is 1.40. The van der Waals surface area contributed by atoms with Gasteiger partial charge in [0.2, 0.25) is 0 Å². The second-order valence-corrected chi connectivity index (χ2v) is 5.85. The van der Waals surface area contributed by atoms with E-state index in [-0.39, 0.29) is 4.93 Å². The van der Waals surface area contributed by atoms with Crippen molar-refractivity contribution in [3.05, 3.63) is 36.4 Å². The van der Waals surface area contributed by atoms with Crippen LogP contribution >= 0.6 is 11.8 Å². The lowest BCUT2D eigenvalue weighted by molar-refractivity contribution is 0.218. The third-order valence-corrected chi connectivity index (χ3v) is 3.66. The molecule has 0 N–H and O–H groups in total. The minimum absolute atomic E-state index is 0.132. The normalized spacial score (nSPS) is 17.5. The summed E-state index contributed by atoms with van der Waals surface area (Å²) < 4.78 is 5.97. The summed E-state index contributed by atoms with van der Waals surface area (Å²) in [5, 5.41) is 2.46. The first-order valence-corrected chi connectivity index (χ1v) is 5.87. The predicted octanol–water partition coefficient (Wildman–Crippen LogP) is 4.06. The first-order valence-electron chi connectivity index (χ1n) is 5.05. The van der Waals surface area contributed by atoms with E-state index < -0.39 is 0 Å². The van der Waals surface area contributed by atoms with E-state index in [1.165, 1.54) is 15.7 Å². The summed E-state index contributed by atoms with van der Waals surface area (Å²) in [6, 6.07) is 12.7. The topological polar surface area (TPSA) is 9.23 Å². The molecule has 2 heteroatoms. The SMILES string of the molecule is CC1(C)Oc2c(ccc3ccccc23)S1. The standard InChI is InChI=1S/C13H12OS/c1-13(2)14-12-10-6-4-3-5-9(10)7-8-11(12)15-13/h3-8H,1-2H3. The number of hydrogen-bond acceptors (Lipinski definition) is 2. The average molecular weight is 216 g/mol. The van der Waals surface area contributed by atoms with Gasteiger partial charge in [-0.25, -0.2) is 0 Å². The van der Waals surface area contributed by atoms with Crippen LogP contribution in [0.4, 0.5) is 0 Å². The van der Waals surface area contributed by atoms with Crippen molar-refractivity contribution in [3.63, 3.8) is 0 Å². The highest BCUT2D eigenvalue weighted by molar-refractivity contribution is 8.00. The molecule has 0 aromatic heterocycles. The van der Waals surface area contributed by atoms with Crippen molar-refractivity contribution in [1.82, 2.24) is 0 Å². The van der Waals surface area contributed by atoms with Crippen molar-refractivity contribution in [1.29, 1.82) is 0 Å². The Hall–Kier alpha value is -1.15. The summed E-state index contributed by atoms with van der Waals surface area (Å²) in [7, 11) is 0. The summed E-state index contributed by atoms with van der Waals surface area (Å²) in [6.45, 7) is 4.21. The Balaban J connectivity index is 2.29. The van der Waals surface area contributed by atoms with Crippen LogP contribution in [0.2, 0.25) is 0 Å². The molecule has 0 unspecified atom stereocenters. The summed E-state index contributed by atoms with van der Waals surface area (Å²) in [6.07, 6.45) is 0. The van der Waals surface area contributed by atoms with Crippen LogP contribution in [0.1, 0.15) is 13.8 Å². The maximum absolute atomic E-state index is 5.97. The molecule has 0 aliphatic carbocycles. The van der Waals surface area contributed by atoms with Crippen molar-refractivity contribution in [2.24, 2.45) is 0 Å². The molecule has 1 heterocycles. The van der Waals surface area contributed by atoms with E-state index in [0.717, 1.165) is 5.75 Å². The molecule has 1 aliphatic rings. The third-order valence-electron chi connectivity index (χ3n) is 2.55. The van der Waals surface area contributed by atoms with E-state index in [9.17, 15) is 0 Å². The molecule has 0 spiro atoms. The number of fused-ring (bicyclic) bond motifs is 3. The van der Waals surface area contributed by atoms with E-state index in [1.807, 2.05) is 0 Å². The molecular weight excluding hydrogens is 204 g/mol. The smallest absolute Gasteiger partial charge is 0.153 e. The van der Waals surface area contributed by atoms with Crippen molar-refractivity contribution in [2.45, 2.75) is 23.7 Å². The van der Waals surface area contributed by atoms with Crippen LogP contribution in [0.15, 0.2) is 41.3 Å². The first kappa shape index (κ1) is 9.10. The van der Waals surface area contributed by atoms with Gasteiger partial charge in [-0.1, -0.05) is 42.1 Å². The molecule has 0 atom stereocenters. The van der Waals surface area contributed by atoms with Gasteiger partial charge in [-0.3, -0.25) is 0 Å². The van der Waals surface area contributed by atoms with Gasteiger partial charge in [0.15, 0.2) is 4.93 Å². The van der Waals surface area contributed by atoms with Gasteiger partial charge in [0.1, 0.15) is 5.75 Å². The van der Waals surface area contributed by atoms with E-state index in [2.05, 4.69) is 50.2 Å². The molecule has 1 aliphatic heterocycles. The molecule has 0 bridgehead atoms. The van der Waals surface area contributed by atoms with Gasteiger partial charge in [-0.15, -0.1) is 0 Å². The highest BCUT2D eigenvalue weighted by Crippen LogP contribution is 2.49. The maximum Gasteiger partial charge on any atom is 0.153 e. The zero-order valence-electron chi connectivity index (χ0n) is 8.78. The maximum atomic E-state index is 5.97. The number of hydrogen-bond donors (Lipinski definition) is 0. The van der Waals surface area contributed by atoms with E-state index in [1.54, 1.807) is 11.8 Å². The Morgan fingerprint density at radius 3 is 2.73 bits per heavy atom. The van der Waals surface area contributed by atoms with Gasteiger partial charge in [-0.2, -0.15) is 0 Å². The molecule has 15 heavy (non-hydrogen) atoms. The molecule has 1 nitrogen and oxygen atoms in total. The number of rotatable bonds is 0. The second kappa shape index (κ2) is 2.92. The summed E-state index contributed by atoms with van der Waals surface area (Å²) in [5.41, 5.74) is 0. The van der Waals surface area contributed by atoms with Gasteiger partial charge < -0.3 is 4.74 Å². The van der Waals surface area contributed by atoms with Gasteiger partial charge in [-0.05, 0) is 25.3 Å². The Morgan fingerprint density at radius 2 is 1.87 bits per heavy atom. The molecule has 0 saturated heterocycles. The van der Waals surface area contributed by atoms with Crippen LogP contribution in [0, 0.1) is 0 Å². The van der Waals surface area contributed by atoms with Crippen LogP contribution in [-0.2, 0) is 0 Å². The van der Waals surface area contributed by atoms with Crippen molar-refractivity contribution >= 4 is 22.5 Å². The minimum atomic E-state index is -0.132. The molecule has 2 aromatic rings. The van der Waals surface area contributed by atoms with Crippen LogP contribution in [0.3, 0.4) is 0 Å². The van der Waals surface area contributed by atoms with E-state index >= 15 is 0 Å². The zero-order chi connectivity index (χ0) is 10.5. The lowest BCUT2D eigenvalue weighted by atomic mass is 10.1. The van der Waals surface area contributed by atoms with Gasteiger partial charge in [0.25, 0.3) is 0 Å². The van der Waals surface area contributed by atoms with Crippen LogP contribution in [0.25, 0.3) is 10.8 Å². The highest BCUT2D eigenvalue weighted by Gasteiger charge is 2.31. The number of benzene rings is 2. The van der Waals surface area contributed by atoms with Crippen LogP contribution < -0.4 is 4.74 Å². The second-order valence-electron chi connectivity index (χ2n) is 4.22. The van der Waals surface area contributed by atoms with E-state index in [4.69, 9.17) is 4.74 Å². The fourth-order valence-electron chi connectivity index (χ4n) is 1.94. The Bertz CT molecular complexity index is 531.